The maximum Gasteiger partial charge on any atom is 0.302 e. The number of phenols is 1. The number of aromatic hydroxyl groups is 1. The summed E-state index contributed by atoms with van der Waals surface area (Å²) in [5.74, 6) is 9.06. The van der Waals surface area contributed by atoms with Gasteiger partial charge in [-0.05, 0) is 131 Å². The highest BCUT2D eigenvalue weighted by Crippen LogP contribution is 2.63. The number of phenolic OH excluding ortho intramolecular Hbond substituents is 1. The third kappa shape index (κ3) is 10.0. The van der Waals surface area contributed by atoms with Crippen molar-refractivity contribution in [3.63, 3.8) is 0 Å². The third-order valence-corrected chi connectivity index (χ3v) is 20.4. The molecule has 14 heteroatoms. The van der Waals surface area contributed by atoms with Crippen LogP contribution in [-0.4, -0.2) is 105 Å². The molecule has 66 heavy (non-hydrogen) atoms. The van der Waals surface area contributed by atoms with Gasteiger partial charge in [0.25, 0.3) is 0 Å². The van der Waals surface area contributed by atoms with E-state index in [2.05, 4.69) is 33.9 Å². The normalized spacial score (nSPS) is 38.2. The van der Waals surface area contributed by atoms with Crippen LogP contribution in [0.1, 0.15) is 146 Å². The SMILES string of the molecule is CC(=O)O[C@H]1C[C@@H](O)CC[C@@]23C#C[C@@H]4CCC[C@]5(CNCCSSC[C@@]6(CC7(CCCC7)CCC67CCCC7)NC(N)=N[C@@H]2C=CC[C@H]3O)C[C@@H](CCN5)Oc2cc(c(CO)cc2O)C[C@@H]41. The van der Waals surface area contributed by atoms with Gasteiger partial charge in [-0.15, -0.1) is 0 Å². The van der Waals surface area contributed by atoms with Gasteiger partial charge in [-0.2, -0.15) is 0 Å². The Kier molecular flexibility index (Phi) is 14.9. The van der Waals surface area contributed by atoms with Gasteiger partial charge in [-0.3, -0.25) is 4.79 Å². The molecule has 0 unspecified atom stereocenters. The second-order valence-corrected chi connectivity index (χ2v) is 24.5. The summed E-state index contributed by atoms with van der Waals surface area (Å²) in [6.45, 7) is 3.51. The Labute approximate surface area is 401 Å². The van der Waals surface area contributed by atoms with Crippen molar-refractivity contribution in [2.24, 2.45) is 38.8 Å². The van der Waals surface area contributed by atoms with Crippen molar-refractivity contribution in [1.82, 2.24) is 16.0 Å². The first-order valence-electron chi connectivity index (χ1n) is 25.5. The number of fused-ring (bicyclic) bond motifs is 6. The van der Waals surface area contributed by atoms with E-state index in [1.807, 2.05) is 33.7 Å². The zero-order chi connectivity index (χ0) is 46.0. The summed E-state index contributed by atoms with van der Waals surface area (Å²) in [5.41, 5.74) is 7.54. The minimum atomic E-state index is -1.04. The Morgan fingerprint density at radius 1 is 1.00 bits per heavy atom. The van der Waals surface area contributed by atoms with E-state index in [1.54, 1.807) is 6.07 Å². The van der Waals surface area contributed by atoms with Gasteiger partial charge >= 0.3 is 5.97 Å². The third-order valence-electron chi connectivity index (χ3n) is 17.9. The number of aliphatic hydroxyl groups excluding tert-OH is 3. The number of aliphatic hydroxyl groups is 3. The predicted octanol–water partition coefficient (Wildman–Crippen LogP) is 6.80. The van der Waals surface area contributed by atoms with E-state index in [9.17, 15) is 25.2 Å². The standard InChI is InChI=1S/C52H77N5O7S2/c1-35(59)63-43-29-39(60)12-20-51-19-11-36-8-7-18-50(30-40(13-23-55-50)64-44-28-37(26-41(36)43)38(31-58)27-42(44)61)33-54-24-25-65-66-34-52(57-47(53)56-45(51)9-6-10-46(51)62)32-48(14-2-3-15-48)21-22-49(52)16-4-5-17-49/h6,9,27-28,36,39-41,43,45-46,54-55,58,60-62H,2-5,7-8,10,12-18,20-26,29-34H2,1H3,(H3,53,56,57)/t36-,39-,40+,41-,43-,45+,46+,50+,51-,52+/m0/s1. The first kappa shape index (κ1) is 48.4. The summed E-state index contributed by atoms with van der Waals surface area (Å²) >= 11 is 0. The lowest BCUT2D eigenvalue weighted by atomic mass is 9.53. The Hall–Kier alpha value is -2.64. The fourth-order valence-corrected chi connectivity index (χ4v) is 16.9. The van der Waals surface area contributed by atoms with Gasteiger partial charge in [0.05, 0.1) is 35.8 Å². The lowest BCUT2D eigenvalue weighted by Crippen LogP contribution is -2.66. The van der Waals surface area contributed by atoms with E-state index in [4.69, 9.17) is 20.2 Å². The molecule has 0 aromatic heterocycles. The number of piperidine rings is 1. The number of rotatable bonds is 2. The summed E-state index contributed by atoms with van der Waals surface area (Å²) in [4.78, 5) is 18.4. The summed E-state index contributed by atoms with van der Waals surface area (Å²) in [5, 5.41) is 58.3. The summed E-state index contributed by atoms with van der Waals surface area (Å²) in [6, 6.07) is 2.89. The zero-order valence-electron chi connectivity index (χ0n) is 39.3. The number of carbonyl (C=O) groups excluding carboxylic acids is 1. The van der Waals surface area contributed by atoms with Gasteiger partial charge in [-0.25, -0.2) is 4.99 Å². The average molecular weight is 948 g/mol. The Bertz CT molecular complexity index is 2010. The molecule has 1 saturated heterocycles. The zero-order valence-corrected chi connectivity index (χ0v) is 40.9. The maximum atomic E-state index is 13.0. The van der Waals surface area contributed by atoms with Crippen LogP contribution in [0.15, 0.2) is 29.3 Å². The number of nitrogens with one attached hydrogen (secondary N) is 3. The number of aliphatic imine (C=N–C) groups is 1. The van der Waals surface area contributed by atoms with Crippen molar-refractivity contribution in [3.05, 3.63) is 35.4 Å². The van der Waals surface area contributed by atoms with Crippen LogP contribution in [0.2, 0.25) is 0 Å². The van der Waals surface area contributed by atoms with Crippen LogP contribution in [0, 0.1) is 39.9 Å². The molecular weight excluding hydrogens is 871 g/mol. The van der Waals surface area contributed by atoms with Crippen LogP contribution in [0.3, 0.4) is 0 Å². The minimum Gasteiger partial charge on any atom is -0.504 e. The number of benzene rings is 1. The Balaban J connectivity index is 1.18. The van der Waals surface area contributed by atoms with Crippen LogP contribution in [0.25, 0.3) is 0 Å². The molecule has 9 N–H and O–H groups in total. The van der Waals surface area contributed by atoms with Crippen LogP contribution in [0.5, 0.6) is 11.5 Å². The molecule has 9 rings (SSSR count). The number of hydrogen-bond acceptors (Lipinski definition) is 14. The molecule has 10 atom stereocenters. The van der Waals surface area contributed by atoms with E-state index < -0.39 is 41.7 Å². The second-order valence-electron chi connectivity index (χ2n) is 21.9. The Morgan fingerprint density at radius 3 is 2.62 bits per heavy atom. The van der Waals surface area contributed by atoms with Crippen LogP contribution < -0.4 is 26.4 Å². The van der Waals surface area contributed by atoms with Gasteiger partial charge in [0.2, 0.25) is 0 Å². The molecule has 4 fully saturated rings. The monoisotopic (exact) mass is 948 g/mol. The maximum absolute atomic E-state index is 13.0. The van der Waals surface area contributed by atoms with Crippen molar-refractivity contribution >= 4 is 33.5 Å². The highest BCUT2D eigenvalue weighted by Gasteiger charge is 2.60. The molecule has 6 bridgehead atoms. The number of guanidine groups is 1. The first-order valence-corrected chi connectivity index (χ1v) is 28.0. The summed E-state index contributed by atoms with van der Waals surface area (Å²) < 4.78 is 12.9. The minimum absolute atomic E-state index is 0.0185. The van der Waals surface area contributed by atoms with Crippen molar-refractivity contribution in [3.8, 4) is 23.3 Å². The smallest absolute Gasteiger partial charge is 0.302 e. The molecule has 3 saturated carbocycles. The molecule has 12 nitrogen and oxygen atoms in total. The fourth-order valence-electron chi connectivity index (χ4n) is 14.4. The number of ether oxygens (including phenoxy) is 2. The molecular formula is C52H77N5O7S2. The largest absolute Gasteiger partial charge is 0.504 e. The molecule has 8 aliphatic rings. The van der Waals surface area contributed by atoms with Gasteiger partial charge in [0.15, 0.2) is 17.5 Å². The molecule has 1 aromatic rings. The molecule has 5 aliphatic carbocycles. The van der Waals surface area contributed by atoms with Gasteiger partial charge < -0.3 is 51.6 Å². The van der Waals surface area contributed by atoms with E-state index in [1.165, 1.54) is 71.1 Å². The second kappa shape index (κ2) is 20.4. The number of nitrogens with zero attached hydrogens (tertiary/aromatic N) is 1. The first-order chi connectivity index (χ1) is 31.9. The van der Waals surface area contributed by atoms with Crippen molar-refractivity contribution in [2.45, 2.75) is 190 Å². The Morgan fingerprint density at radius 2 is 1.82 bits per heavy atom. The van der Waals surface area contributed by atoms with E-state index in [0.717, 1.165) is 68.8 Å². The van der Waals surface area contributed by atoms with Crippen LogP contribution in [-0.2, 0) is 22.6 Å². The summed E-state index contributed by atoms with van der Waals surface area (Å²) in [7, 11) is 3.94. The predicted molar refractivity (Wildman–Crippen MR) is 263 cm³/mol. The number of hydrogen-bond donors (Lipinski definition) is 8. The van der Waals surface area contributed by atoms with Crippen LogP contribution in [0.4, 0.5) is 0 Å². The van der Waals surface area contributed by atoms with Crippen molar-refractivity contribution < 1.29 is 34.7 Å². The quantitative estimate of drug-likeness (QED) is 0.0670. The molecule has 3 heterocycles. The number of esters is 1. The van der Waals surface area contributed by atoms with E-state index >= 15 is 0 Å². The van der Waals surface area contributed by atoms with Gasteiger partial charge in [0, 0.05) is 61.7 Å². The molecule has 3 aliphatic heterocycles. The molecule has 5 spiro atoms. The number of carbonyl (C=O) groups is 1. The van der Waals surface area contributed by atoms with Gasteiger partial charge in [0.1, 0.15) is 12.2 Å². The molecule has 0 amide bonds. The molecule has 364 valence electrons. The van der Waals surface area contributed by atoms with E-state index in [0.29, 0.717) is 54.8 Å². The highest BCUT2D eigenvalue weighted by molar-refractivity contribution is 8.76. The van der Waals surface area contributed by atoms with Crippen molar-refractivity contribution in [2.75, 3.05) is 31.1 Å². The van der Waals surface area contributed by atoms with Crippen LogP contribution >= 0.6 is 21.6 Å². The lowest BCUT2D eigenvalue weighted by molar-refractivity contribution is -0.152. The van der Waals surface area contributed by atoms with Gasteiger partial charge in [-0.1, -0.05) is 77.7 Å². The topological polar surface area (TPSA) is 191 Å². The lowest BCUT2D eigenvalue weighted by Gasteiger charge is -2.58. The number of nitrogens with two attached hydrogens (primary N) is 1. The van der Waals surface area contributed by atoms with Crippen molar-refractivity contribution in [1.29, 1.82) is 0 Å². The fraction of sp³-hybridized carbons (Fsp3) is 0.769. The molecule has 0 radical (unpaired) electrons. The molecule has 1 aromatic carbocycles. The van der Waals surface area contributed by atoms with E-state index in [-0.39, 0.29) is 47.3 Å². The highest BCUT2D eigenvalue weighted by atomic mass is 33.1. The average Bonchev–Trinajstić information content (AvgIpc) is 3.96. The summed E-state index contributed by atoms with van der Waals surface area (Å²) in [6.07, 6.45) is 20.7.